The van der Waals surface area contributed by atoms with Crippen molar-refractivity contribution in [2.45, 2.75) is 25.3 Å². The molecule has 84 valence electrons. The quantitative estimate of drug-likeness (QED) is 0.748. The third-order valence-corrected chi connectivity index (χ3v) is 2.64. The summed E-state index contributed by atoms with van der Waals surface area (Å²) in [7, 11) is 0. The summed E-state index contributed by atoms with van der Waals surface area (Å²) in [5.74, 6) is 0.590. The summed E-state index contributed by atoms with van der Waals surface area (Å²) < 4.78 is 5.52. The predicted octanol–water partition coefficient (Wildman–Crippen LogP) is 3.98. The fourth-order valence-electron chi connectivity index (χ4n) is 1.53. The van der Waals surface area contributed by atoms with Crippen molar-refractivity contribution in [3.63, 3.8) is 0 Å². The number of pyridine rings is 1. The molecule has 2 aromatic rings. The monoisotopic (exact) mass is 235 g/mol. The van der Waals surface area contributed by atoms with Crippen molar-refractivity contribution in [1.29, 1.82) is 0 Å². The lowest BCUT2D eigenvalue weighted by Gasteiger charge is -2.10. The molecule has 0 radical (unpaired) electrons. The standard InChI is InChI=1S/C13H14ClNO/c1-2-5-12(14)16-13-9-8-10-6-3-4-7-11(10)15-13/h3-4,6-9,12H,2,5H2,1H3. The average molecular weight is 236 g/mol. The second-order valence-corrected chi connectivity index (χ2v) is 4.15. The highest BCUT2D eigenvalue weighted by atomic mass is 35.5. The summed E-state index contributed by atoms with van der Waals surface area (Å²) in [6, 6.07) is 11.8. The van der Waals surface area contributed by atoms with Gasteiger partial charge in [-0.15, -0.1) is 0 Å². The van der Waals surface area contributed by atoms with E-state index in [9.17, 15) is 0 Å². The molecule has 1 heterocycles. The summed E-state index contributed by atoms with van der Waals surface area (Å²) in [5, 5.41) is 1.11. The molecule has 0 fully saturated rings. The van der Waals surface area contributed by atoms with E-state index in [4.69, 9.17) is 16.3 Å². The predicted molar refractivity (Wildman–Crippen MR) is 66.9 cm³/mol. The first kappa shape index (κ1) is 11.2. The van der Waals surface area contributed by atoms with Crippen molar-refractivity contribution in [3.05, 3.63) is 36.4 Å². The van der Waals surface area contributed by atoms with Gasteiger partial charge in [0.05, 0.1) is 5.52 Å². The molecule has 1 atom stereocenters. The number of benzene rings is 1. The number of alkyl halides is 1. The molecule has 2 rings (SSSR count). The zero-order valence-electron chi connectivity index (χ0n) is 9.19. The fraction of sp³-hybridized carbons (Fsp3) is 0.308. The molecule has 0 bridgehead atoms. The van der Waals surface area contributed by atoms with E-state index in [-0.39, 0.29) is 5.56 Å². The van der Waals surface area contributed by atoms with E-state index in [0.717, 1.165) is 23.7 Å². The van der Waals surface area contributed by atoms with Gasteiger partial charge in [-0.3, -0.25) is 0 Å². The molecule has 0 aliphatic rings. The Kier molecular flexibility index (Phi) is 3.62. The Balaban J connectivity index is 2.19. The van der Waals surface area contributed by atoms with Gasteiger partial charge in [0, 0.05) is 11.5 Å². The average Bonchev–Trinajstić information content (AvgIpc) is 2.29. The van der Waals surface area contributed by atoms with Gasteiger partial charge in [-0.1, -0.05) is 43.1 Å². The van der Waals surface area contributed by atoms with Crippen molar-refractivity contribution in [1.82, 2.24) is 4.98 Å². The second kappa shape index (κ2) is 5.17. The van der Waals surface area contributed by atoms with Crippen LogP contribution in [-0.2, 0) is 0 Å². The first-order valence-corrected chi connectivity index (χ1v) is 5.90. The number of aromatic nitrogens is 1. The van der Waals surface area contributed by atoms with Gasteiger partial charge in [-0.05, 0) is 18.6 Å². The third kappa shape index (κ3) is 2.64. The minimum Gasteiger partial charge on any atom is -0.458 e. The molecule has 0 spiro atoms. The van der Waals surface area contributed by atoms with Crippen LogP contribution in [0, 0.1) is 0 Å². The lowest BCUT2D eigenvalue weighted by molar-refractivity contribution is 0.260. The molecule has 3 heteroatoms. The van der Waals surface area contributed by atoms with Crippen LogP contribution in [0.2, 0.25) is 0 Å². The topological polar surface area (TPSA) is 22.1 Å². The third-order valence-electron chi connectivity index (χ3n) is 2.34. The van der Waals surface area contributed by atoms with Crippen molar-refractivity contribution in [3.8, 4) is 5.88 Å². The van der Waals surface area contributed by atoms with E-state index in [1.807, 2.05) is 36.4 Å². The SMILES string of the molecule is CCCC(Cl)Oc1ccc2ccccc2n1. The molecule has 2 nitrogen and oxygen atoms in total. The molecule has 1 aromatic heterocycles. The Morgan fingerprint density at radius 2 is 2.06 bits per heavy atom. The zero-order chi connectivity index (χ0) is 11.4. The molecule has 0 saturated heterocycles. The number of rotatable bonds is 4. The lowest BCUT2D eigenvalue weighted by Crippen LogP contribution is -2.08. The Bertz CT molecular complexity index is 472. The van der Waals surface area contributed by atoms with Gasteiger partial charge in [-0.25, -0.2) is 4.98 Å². The van der Waals surface area contributed by atoms with Crippen LogP contribution in [0.25, 0.3) is 10.9 Å². The van der Waals surface area contributed by atoms with Crippen molar-refractivity contribution >= 4 is 22.5 Å². The molecule has 16 heavy (non-hydrogen) atoms. The van der Waals surface area contributed by atoms with E-state index in [2.05, 4.69) is 11.9 Å². The maximum atomic E-state index is 6.00. The first-order chi connectivity index (χ1) is 7.79. The largest absolute Gasteiger partial charge is 0.458 e. The van der Waals surface area contributed by atoms with Crippen molar-refractivity contribution in [2.75, 3.05) is 0 Å². The fourth-order valence-corrected chi connectivity index (χ4v) is 1.84. The molecule has 0 saturated carbocycles. The van der Waals surface area contributed by atoms with Gasteiger partial charge in [0.2, 0.25) is 5.88 Å². The summed E-state index contributed by atoms with van der Waals surface area (Å²) >= 11 is 6.00. The molecule has 0 amide bonds. The molecule has 0 aliphatic heterocycles. The van der Waals surface area contributed by atoms with E-state index in [1.165, 1.54) is 0 Å². The summed E-state index contributed by atoms with van der Waals surface area (Å²) in [5.41, 5.74) is 0.638. The summed E-state index contributed by atoms with van der Waals surface area (Å²) in [6.07, 6.45) is 1.83. The zero-order valence-corrected chi connectivity index (χ0v) is 9.95. The number of halogens is 1. The molecule has 0 aliphatic carbocycles. The molecule has 1 aromatic carbocycles. The Labute approximate surface area is 100 Å². The van der Waals surface area contributed by atoms with Crippen LogP contribution in [-0.4, -0.2) is 10.5 Å². The molecule has 0 N–H and O–H groups in total. The maximum absolute atomic E-state index is 6.00. The van der Waals surface area contributed by atoms with Crippen LogP contribution in [0.1, 0.15) is 19.8 Å². The minimum atomic E-state index is -0.293. The van der Waals surface area contributed by atoms with Gasteiger partial charge in [0.25, 0.3) is 0 Å². The highest BCUT2D eigenvalue weighted by Crippen LogP contribution is 2.18. The van der Waals surface area contributed by atoms with Gasteiger partial charge in [-0.2, -0.15) is 0 Å². The number of hydrogen-bond donors (Lipinski definition) is 0. The number of ether oxygens (including phenoxy) is 1. The highest BCUT2D eigenvalue weighted by molar-refractivity contribution is 6.19. The number of hydrogen-bond acceptors (Lipinski definition) is 2. The highest BCUT2D eigenvalue weighted by Gasteiger charge is 2.06. The maximum Gasteiger partial charge on any atom is 0.215 e. The van der Waals surface area contributed by atoms with E-state index in [0.29, 0.717) is 5.88 Å². The second-order valence-electron chi connectivity index (χ2n) is 3.66. The van der Waals surface area contributed by atoms with Crippen molar-refractivity contribution in [2.24, 2.45) is 0 Å². The van der Waals surface area contributed by atoms with Gasteiger partial charge < -0.3 is 4.74 Å². The summed E-state index contributed by atoms with van der Waals surface area (Å²) in [6.45, 7) is 2.08. The van der Waals surface area contributed by atoms with Crippen LogP contribution >= 0.6 is 11.6 Å². The van der Waals surface area contributed by atoms with Crippen LogP contribution < -0.4 is 4.74 Å². The van der Waals surface area contributed by atoms with Gasteiger partial charge in [0.15, 0.2) is 5.56 Å². The van der Waals surface area contributed by atoms with E-state index >= 15 is 0 Å². The normalized spacial score (nSPS) is 12.6. The first-order valence-electron chi connectivity index (χ1n) is 5.46. The Morgan fingerprint density at radius 3 is 2.88 bits per heavy atom. The van der Waals surface area contributed by atoms with Crippen LogP contribution in [0.4, 0.5) is 0 Å². The summed E-state index contributed by atoms with van der Waals surface area (Å²) in [4.78, 5) is 4.39. The Morgan fingerprint density at radius 1 is 1.25 bits per heavy atom. The number of fused-ring (bicyclic) bond motifs is 1. The van der Waals surface area contributed by atoms with E-state index < -0.39 is 0 Å². The number of nitrogens with zero attached hydrogens (tertiary/aromatic N) is 1. The van der Waals surface area contributed by atoms with Crippen LogP contribution in [0.15, 0.2) is 36.4 Å². The lowest BCUT2D eigenvalue weighted by atomic mass is 10.2. The molecule has 1 unspecified atom stereocenters. The van der Waals surface area contributed by atoms with Crippen LogP contribution in [0.3, 0.4) is 0 Å². The molecular formula is C13H14ClNO. The van der Waals surface area contributed by atoms with Crippen LogP contribution in [0.5, 0.6) is 5.88 Å². The Hall–Kier alpha value is -1.28. The van der Waals surface area contributed by atoms with Crippen molar-refractivity contribution < 1.29 is 4.74 Å². The smallest absolute Gasteiger partial charge is 0.215 e. The van der Waals surface area contributed by atoms with E-state index in [1.54, 1.807) is 0 Å². The minimum absolute atomic E-state index is 0.293. The van der Waals surface area contributed by atoms with Gasteiger partial charge in [0.1, 0.15) is 0 Å². The van der Waals surface area contributed by atoms with Gasteiger partial charge >= 0.3 is 0 Å². The number of para-hydroxylation sites is 1. The molecular weight excluding hydrogens is 222 g/mol.